The van der Waals surface area contributed by atoms with Crippen molar-refractivity contribution in [2.75, 3.05) is 20.2 Å². The molecule has 11 nitrogen and oxygen atoms in total. The van der Waals surface area contributed by atoms with Gasteiger partial charge in [0.2, 0.25) is 5.89 Å². The van der Waals surface area contributed by atoms with Gasteiger partial charge in [0, 0.05) is 31.4 Å². The summed E-state index contributed by atoms with van der Waals surface area (Å²) < 4.78 is 25.1. The van der Waals surface area contributed by atoms with Crippen LogP contribution in [0.3, 0.4) is 0 Å². The third kappa shape index (κ3) is 6.21. The van der Waals surface area contributed by atoms with Crippen molar-refractivity contribution in [3.05, 3.63) is 54.1 Å². The maximum atomic E-state index is 15.4. The highest BCUT2D eigenvalue weighted by molar-refractivity contribution is 6.21. The first-order valence-electron chi connectivity index (χ1n) is 10.7. The fourth-order valence-corrected chi connectivity index (χ4v) is 3.78. The van der Waals surface area contributed by atoms with Crippen LogP contribution in [-0.2, 0) is 16.1 Å². The molecule has 0 bridgehead atoms. The minimum absolute atomic E-state index is 0.0494. The molecular formula is C23H26FN7O4. The summed E-state index contributed by atoms with van der Waals surface area (Å²) in [4.78, 5) is 29.2. The number of oxazole rings is 1. The number of alkyl halides is 1. The molecule has 2 aromatic rings. The molecule has 0 aliphatic carbocycles. The van der Waals surface area contributed by atoms with Crippen molar-refractivity contribution >= 4 is 17.8 Å². The number of ether oxygens (including phenoxy) is 1. The molecule has 2 unspecified atom stereocenters. The molecule has 12 heteroatoms. The van der Waals surface area contributed by atoms with Crippen LogP contribution in [0.2, 0.25) is 0 Å². The summed E-state index contributed by atoms with van der Waals surface area (Å²) in [5.74, 6) is -1.10. The second-order valence-corrected chi connectivity index (χ2v) is 8.04. The standard InChI is InChI=1S/C23H26FN7O4/c1-34-22(33)30-19(26)17(20(27)32)12-29-23(6-8-25)7-10-31(14-18(23)24)13-15-2-4-16(5-3-15)21-28-9-11-35-21/h2-5,9,11-12,18,29H,6-7,10,13-14H2,1H3,(H2,27,32)(H2,26,30,33)/b17-12+. The van der Waals surface area contributed by atoms with Gasteiger partial charge in [-0.3, -0.25) is 20.4 Å². The van der Waals surface area contributed by atoms with Gasteiger partial charge < -0.3 is 20.2 Å². The number of benzene rings is 1. The first-order chi connectivity index (χ1) is 16.8. The van der Waals surface area contributed by atoms with E-state index < -0.39 is 29.5 Å². The van der Waals surface area contributed by atoms with Crippen LogP contribution in [0.15, 0.2) is 52.9 Å². The predicted molar refractivity (Wildman–Crippen MR) is 123 cm³/mol. The second-order valence-electron chi connectivity index (χ2n) is 8.04. The topological polar surface area (TPSA) is 170 Å². The number of nitriles is 1. The Kier molecular flexibility index (Phi) is 8.17. The number of rotatable bonds is 8. The van der Waals surface area contributed by atoms with E-state index in [1.54, 1.807) is 6.20 Å². The van der Waals surface area contributed by atoms with E-state index in [1.807, 2.05) is 40.6 Å². The Morgan fingerprint density at radius 1 is 1.46 bits per heavy atom. The van der Waals surface area contributed by atoms with Crippen molar-refractivity contribution < 1.29 is 23.1 Å². The van der Waals surface area contributed by atoms with E-state index in [9.17, 15) is 14.9 Å². The summed E-state index contributed by atoms with van der Waals surface area (Å²) in [6.45, 7) is 1.03. The average molecular weight is 484 g/mol. The van der Waals surface area contributed by atoms with Crippen LogP contribution < -0.4 is 16.4 Å². The number of nitrogens with two attached hydrogens (primary N) is 1. The number of amidine groups is 1. The molecule has 1 fully saturated rings. The van der Waals surface area contributed by atoms with Gasteiger partial charge in [0.15, 0.2) is 0 Å². The number of piperidine rings is 1. The highest BCUT2D eigenvalue weighted by Gasteiger charge is 2.43. The van der Waals surface area contributed by atoms with Crippen molar-refractivity contribution in [2.24, 2.45) is 5.73 Å². The number of nitrogens with one attached hydrogen (secondary N) is 3. The lowest BCUT2D eigenvalue weighted by molar-refractivity contribution is -0.114. The van der Waals surface area contributed by atoms with Crippen molar-refractivity contribution in [3.63, 3.8) is 0 Å². The Labute approximate surface area is 201 Å². The number of primary amides is 1. The van der Waals surface area contributed by atoms with Gasteiger partial charge in [-0.15, -0.1) is 0 Å². The number of amides is 2. The summed E-state index contributed by atoms with van der Waals surface area (Å²) in [5, 5.41) is 22.0. The number of carbonyl (C=O) groups excluding carboxylic acids is 2. The quantitative estimate of drug-likeness (QED) is 0.250. The maximum Gasteiger partial charge on any atom is 0.412 e. The van der Waals surface area contributed by atoms with Gasteiger partial charge in [0.25, 0.3) is 5.91 Å². The van der Waals surface area contributed by atoms with Crippen molar-refractivity contribution in [2.45, 2.75) is 31.1 Å². The number of carbonyl (C=O) groups is 2. The number of hydrogen-bond donors (Lipinski definition) is 4. The molecule has 2 heterocycles. The Hall–Kier alpha value is -4.24. The van der Waals surface area contributed by atoms with Crippen LogP contribution in [0.5, 0.6) is 0 Å². The number of alkyl carbamates (subject to hydrolysis) is 1. The zero-order chi connectivity index (χ0) is 25.4. The number of nitrogens with zero attached hydrogens (tertiary/aromatic N) is 3. The summed E-state index contributed by atoms with van der Waals surface area (Å²) in [7, 11) is 1.10. The van der Waals surface area contributed by atoms with Gasteiger partial charge in [-0.05, 0) is 24.1 Å². The van der Waals surface area contributed by atoms with E-state index in [-0.39, 0.29) is 25.0 Å². The number of aromatic nitrogens is 1. The normalized spacial score (nSPS) is 20.5. The van der Waals surface area contributed by atoms with Crippen LogP contribution in [0.1, 0.15) is 18.4 Å². The summed E-state index contributed by atoms with van der Waals surface area (Å²) in [5.41, 5.74) is 5.46. The molecule has 0 spiro atoms. The number of hydrogen-bond acceptors (Lipinski definition) is 9. The molecule has 1 aliphatic heterocycles. The van der Waals surface area contributed by atoms with Gasteiger partial charge in [-0.1, -0.05) is 12.1 Å². The van der Waals surface area contributed by atoms with Gasteiger partial charge in [0.05, 0.1) is 36.9 Å². The highest BCUT2D eigenvalue weighted by Crippen LogP contribution is 2.30. The Balaban J connectivity index is 1.68. The Morgan fingerprint density at radius 3 is 2.77 bits per heavy atom. The minimum atomic E-state index is -1.46. The first-order valence-corrected chi connectivity index (χ1v) is 10.7. The molecule has 1 aromatic carbocycles. The fourth-order valence-electron chi connectivity index (χ4n) is 3.78. The molecule has 0 radical (unpaired) electrons. The molecule has 0 saturated carbocycles. The summed E-state index contributed by atoms with van der Waals surface area (Å²) in [6.07, 6.45) is 1.81. The van der Waals surface area contributed by atoms with Crippen molar-refractivity contribution in [1.82, 2.24) is 20.5 Å². The third-order valence-corrected chi connectivity index (χ3v) is 5.78. The predicted octanol–water partition coefficient (Wildman–Crippen LogP) is 1.83. The van der Waals surface area contributed by atoms with Gasteiger partial charge in [-0.2, -0.15) is 5.26 Å². The van der Waals surface area contributed by atoms with Gasteiger partial charge in [-0.25, -0.2) is 14.2 Å². The zero-order valence-corrected chi connectivity index (χ0v) is 19.1. The van der Waals surface area contributed by atoms with Crippen LogP contribution in [0.25, 0.3) is 11.5 Å². The molecule has 1 saturated heterocycles. The van der Waals surface area contributed by atoms with E-state index >= 15 is 4.39 Å². The first kappa shape index (κ1) is 25.4. The number of likely N-dealkylation sites (tertiary alicyclic amines) is 1. The molecule has 5 N–H and O–H groups in total. The van der Waals surface area contributed by atoms with E-state index in [0.29, 0.717) is 19.0 Å². The largest absolute Gasteiger partial charge is 0.453 e. The Bertz CT molecular complexity index is 1130. The molecular weight excluding hydrogens is 457 g/mol. The lowest BCUT2D eigenvalue weighted by atomic mass is 9.83. The number of halogens is 1. The molecule has 2 amide bonds. The van der Waals surface area contributed by atoms with Gasteiger partial charge >= 0.3 is 6.09 Å². The smallest absolute Gasteiger partial charge is 0.412 e. The molecule has 3 rings (SSSR count). The lowest BCUT2D eigenvalue weighted by Crippen LogP contribution is -2.59. The second kappa shape index (κ2) is 11.3. The van der Waals surface area contributed by atoms with Crippen LogP contribution in [0.4, 0.5) is 9.18 Å². The maximum absolute atomic E-state index is 15.4. The molecule has 1 aliphatic rings. The highest BCUT2D eigenvalue weighted by atomic mass is 19.1. The van der Waals surface area contributed by atoms with E-state index in [4.69, 9.17) is 15.6 Å². The van der Waals surface area contributed by atoms with E-state index in [0.717, 1.165) is 24.4 Å². The third-order valence-electron chi connectivity index (χ3n) is 5.78. The molecule has 35 heavy (non-hydrogen) atoms. The summed E-state index contributed by atoms with van der Waals surface area (Å²) >= 11 is 0. The van der Waals surface area contributed by atoms with Crippen molar-refractivity contribution in [3.8, 4) is 17.5 Å². The molecule has 1 aromatic heterocycles. The van der Waals surface area contributed by atoms with E-state index in [2.05, 4.69) is 15.0 Å². The SMILES string of the molecule is COC(=O)NC(=N)/C(=C\NC1(CC#N)CCN(Cc2ccc(-c3ncco3)cc2)CC1F)C(N)=O. The molecule has 2 atom stereocenters. The fraction of sp³-hybridized carbons (Fsp3) is 0.348. The lowest BCUT2D eigenvalue weighted by Gasteiger charge is -2.43. The van der Waals surface area contributed by atoms with E-state index in [1.165, 1.54) is 6.26 Å². The van der Waals surface area contributed by atoms with Crippen LogP contribution in [-0.4, -0.2) is 59.6 Å². The minimum Gasteiger partial charge on any atom is -0.453 e. The Morgan fingerprint density at radius 2 is 2.20 bits per heavy atom. The van der Waals surface area contributed by atoms with Crippen molar-refractivity contribution in [1.29, 1.82) is 10.7 Å². The van der Waals surface area contributed by atoms with Crippen LogP contribution in [0, 0.1) is 16.7 Å². The van der Waals surface area contributed by atoms with Crippen LogP contribution >= 0.6 is 0 Å². The summed E-state index contributed by atoms with van der Waals surface area (Å²) in [6, 6.07) is 9.60. The zero-order valence-electron chi connectivity index (χ0n) is 19.1. The average Bonchev–Trinajstić information content (AvgIpc) is 3.37. The number of methoxy groups -OCH3 is 1. The monoisotopic (exact) mass is 483 g/mol. The molecule has 184 valence electrons. The van der Waals surface area contributed by atoms with Gasteiger partial charge in [0.1, 0.15) is 18.3 Å².